The Balaban J connectivity index is 1.77. The summed E-state index contributed by atoms with van der Waals surface area (Å²) in [6.45, 7) is 0.227. The molecule has 0 atom stereocenters. The Bertz CT molecular complexity index is 1000. The van der Waals surface area contributed by atoms with E-state index in [0.29, 0.717) is 12.0 Å². The van der Waals surface area contributed by atoms with E-state index in [9.17, 15) is 18.8 Å². The van der Waals surface area contributed by atoms with Gasteiger partial charge in [-0.2, -0.15) is 0 Å². The SMILES string of the molecule is CN1NOC(=O)/C1=C/C(=NC(=O)c1ccccc1)C(=O)NCCc1ccc(F)cc1. The molecule has 0 spiro atoms. The number of amides is 2. The van der Waals surface area contributed by atoms with Crippen LogP contribution in [0.4, 0.5) is 4.39 Å². The lowest BCUT2D eigenvalue weighted by atomic mass is 10.1. The van der Waals surface area contributed by atoms with Crippen molar-refractivity contribution in [3.63, 3.8) is 0 Å². The van der Waals surface area contributed by atoms with Crippen LogP contribution in [-0.2, 0) is 20.8 Å². The van der Waals surface area contributed by atoms with Gasteiger partial charge in [-0.15, -0.1) is 0 Å². The number of benzene rings is 2. The molecule has 9 heteroatoms. The predicted octanol–water partition coefficient (Wildman–Crippen LogP) is 1.56. The van der Waals surface area contributed by atoms with E-state index in [1.165, 1.54) is 30.3 Å². The molecule has 8 nitrogen and oxygen atoms in total. The number of carbonyl (C=O) groups excluding carboxylic acids is 3. The lowest BCUT2D eigenvalue weighted by Crippen LogP contribution is -2.33. The molecular weight excluding hydrogens is 391 g/mol. The average Bonchev–Trinajstić information content (AvgIpc) is 3.07. The van der Waals surface area contributed by atoms with Crippen molar-refractivity contribution in [3.05, 3.63) is 83.3 Å². The van der Waals surface area contributed by atoms with Crippen molar-refractivity contribution in [3.8, 4) is 0 Å². The topological polar surface area (TPSA) is 100 Å². The summed E-state index contributed by atoms with van der Waals surface area (Å²) >= 11 is 0. The van der Waals surface area contributed by atoms with Crippen LogP contribution in [0.5, 0.6) is 0 Å². The molecule has 154 valence electrons. The summed E-state index contributed by atoms with van der Waals surface area (Å²) in [6.07, 6.45) is 1.63. The minimum absolute atomic E-state index is 0.0169. The third kappa shape index (κ3) is 5.36. The summed E-state index contributed by atoms with van der Waals surface area (Å²) in [5, 5.41) is 3.92. The van der Waals surface area contributed by atoms with Crippen molar-refractivity contribution in [1.29, 1.82) is 0 Å². The molecule has 1 aliphatic heterocycles. The first-order valence-corrected chi connectivity index (χ1v) is 9.07. The zero-order valence-electron chi connectivity index (χ0n) is 16.1. The van der Waals surface area contributed by atoms with E-state index in [-0.39, 0.29) is 23.8 Å². The molecule has 2 aromatic carbocycles. The first kappa shape index (κ1) is 20.9. The van der Waals surface area contributed by atoms with Gasteiger partial charge in [0.05, 0.1) is 0 Å². The zero-order valence-corrected chi connectivity index (χ0v) is 16.1. The van der Waals surface area contributed by atoms with E-state index in [0.717, 1.165) is 5.56 Å². The molecule has 1 fully saturated rings. The lowest BCUT2D eigenvalue weighted by Gasteiger charge is -2.09. The summed E-state index contributed by atoms with van der Waals surface area (Å²) < 4.78 is 13.0. The number of hydrogen-bond acceptors (Lipinski definition) is 6. The normalized spacial score (nSPS) is 15.3. The van der Waals surface area contributed by atoms with Gasteiger partial charge in [0.15, 0.2) is 0 Å². The molecule has 0 unspecified atom stereocenters. The number of rotatable bonds is 6. The van der Waals surface area contributed by atoms with Gasteiger partial charge < -0.3 is 10.2 Å². The van der Waals surface area contributed by atoms with E-state index < -0.39 is 17.8 Å². The van der Waals surface area contributed by atoms with Crippen molar-refractivity contribution in [2.24, 2.45) is 4.99 Å². The van der Waals surface area contributed by atoms with Crippen LogP contribution < -0.4 is 10.9 Å². The maximum Gasteiger partial charge on any atom is 0.376 e. The number of aliphatic imine (C=N–C) groups is 1. The Kier molecular flexibility index (Phi) is 6.66. The second kappa shape index (κ2) is 9.57. The minimum Gasteiger partial charge on any atom is -0.350 e. The zero-order chi connectivity index (χ0) is 21.5. The van der Waals surface area contributed by atoms with Gasteiger partial charge in [-0.05, 0) is 36.2 Å². The van der Waals surface area contributed by atoms with E-state index in [4.69, 9.17) is 0 Å². The van der Waals surface area contributed by atoms with Crippen molar-refractivity contribution in [2.45, 2.75) is 6.42 Å². The van der Waals surface area contributed by atoms with Gasteiger partial charge in [0.2, 0.25) is 0 Å². The van der Waals surface area contributed by atoms with Crippen molar-refractivity contribution < 1.29 is 23.6 Å². The molecule has 0 radical (unpaired) electrons. The van der Waals surface area contributed by atoms with Gasteiger partial charge in [0, 0.05) is 25.2 Å². The van der Waals surface area contributed by atoms with Gasteiger partial charge in [0.1, 0.15) is 17.2 Å². The number of hydrogen-bond donors (Lipinski definition) is 2. The third-order valence-electron chi connectivity index (χ3n) is 4.21. The van der Waals surface area contributed by atoms with Crippen molar-refractivity contribution in [1.82, 2.24) is 15.9 Å². The highest BCUT2D eigenvalue weighted by Gasteiger charge is 2.26. The van der Waals surface area contributed by atoms with Crippen LogP contribution in [0.2, 0.25) is 0 Å². The first-order chi connectivity index (χ1) is 14.4. The van der Waals surface area contributed by atoms with Crippen LogP contribution in [-0.4, -0.2) is 42.1 Å². The van der Waals surface area contributed by atoms with Gasteiger partial charge in [-0.1, -0.05) is 35.9 Å². The predicted molar refractivity (Wildman–Crippen MR) is 106 cm³/mol. The maximum absolute atomic E-state index is 13.0. The van der Waals surface area contributed by atoms with E-state index in [1.54, 1.807) is 42.5 Å². The first-order valence-electron chi connectivity index (χ1n) is 9.07. The van der Waals surface area contributed by atoms with Gasteiger partial charge in [0.25, 0.3) is 11.8 Å². The molecule has 0 aliphatic carbocycles. The number of nitrogens with zero attached hydrogens (tertiary/aromatic N) is 2. The molecule has 1 heterocycles. The number of halogens is 1. The van der Waals surface area contributed by atoms with Crippen LogP contribution in [0, 0.1) is 5.82 Å². The molecule has 0 bridgehead atoms. The molecule has 2 N–H and O–H groups in total. The largest absolute Gasteiger partial charge is 0.376 e. The van der Waals surface area contributed by atoms with E-state index in [1.807, 2.05) is 0 Å². The van der Waals surface area contributed by atoms with Gasteiger partial charge in [-0.3, -0.25) is 14.6 Å². The summed E-state index contributed by atoms with van der Waals surface area (Å²) in [7, 11) is 1.51. The Morgan fingerprint density at radius 3 is 2.50 bits per heavy atom. The monoisotopic (exact) mass is 410 g/mol. The maximum atomic E-state index is 13.0. The van der Waals surface area contributed by atoms with Crippen LogP contribution in [0.25, 0.3) is 0 Å². The Hall–Kier alpha value is -3.85. The highest BCUT2D eigenvalue weighted by molar-refractivity contribution is 6.45. The smallest absolute Gasteiger partial charge is 0.350 e. The summed E-state index contributed by atoms with van der Waals surface area (Å²) in [6, 6.07) is 14.1. The highest BCUT2D eigenvalue weighted by atomic mass is 19.1. The Morgan fingerprint density at radius 2 is 1.87 bits per heavy atom. The van der Waals surface area contributed by atoms with E-state index >= 15 is 0 Å². The molecular formula is C21H19FN4O4. The van der Waals surface area contributed by atoms with Crippen LogP contribution >= 0.6 is 0 Å². The molecule has 0 saturated carbocycles. The van der Waals surface area contributed by atoms with Gasteiger partial charge in [-0.25, -0.2) is 14.2 Å². The quantitative estimate of drug-likeness (QED) is 0.554. The Morgan fingerprint density at radius 1 is 1.17 bits per heavy atom. The molecule has 30 heavy (non-hydrogen) atoms. The molecule has 1 aliphatic rings. The number of likely N-dealkylation sites (N-methyl/N-ethyl adjacent to an activating group) is 1. The fraction of sp³-hybridized carbons (Fsp3) is 0.143. The number of nitrogens with one attached hydrogen (secondary N) is 2. The molecule has 0 aromatic heterocycles. The second-order valence-electron chi connectivity index (χ2n) is 6.37. The summed E-state index contributed by atoms with van der Waals surface area (Å²) in [4.78, 5) is 45.5. The number of hydrazine groups is 1. The Labute approximate surface area is 172 Å². The fourth-order valence-electron chi connectivity index (χ4n) is 2.60. The van der Waals surface area contributed by atoms with E-state index in [2.05, 4.69) is 20.7 Å². The van der Waals surface area contributed by atoms with Crippen molar-refractivity contribution >= 4 is 23.5 Å². The second-order valence-corrected chi connectivity index (χ2v) is 6.37. The fourth-order valence-corrected chi connectivity index (χ4v) is 2.60. The van der Waals surface area contributed by atoms with Crippen LogP contribution in [0.1, 0.15) is 15.9 Å². The highest BCUT2D eigenvalue weighted by Crippen LogP contribution is 2.10. The van der Waals surface area contributed by atoms with Crippen molar-refractivity contribution in [2.75, 3.05) is 13.6 Å². The molecule has 1 saturated heterocycles. The summed E-state index contributed by atoms with van der Waals surface area (Å²) in [5.74, 6) is -2.32. The molecule has 3 rings (SSSR count). The summed E-state index contributed by atoms with van der Waals surface area (Å²) in [5.41, 5.74) is 3.23. The minimum atomic E-state index is -0.712. The van der Waals surface area contributed by atoms with Crippen LogP contribution in [0.15, 0.2) is 71.4 Å². The molecule has 2 aromatic rings. The lowest BCUT2D eigenvalue weighted by molar-refractivity contribution is -0.142. The van der Waals surface area contributed by atoms with Gasteiger partial charge >= 0.3 is 5.97 Å². The van der Waals surface area contributed by atoms with Crippen LogP contribution in [0.3, 0.4) is 0 Å². The standard InChI is InChI=1S/C21H19FN4O4/c1-26-18(21(29)30-25-26)13-17(24-19(27)15-5-3-2-4-6-15)20(28)23-12-11-14-7-9-16(22)10-8-14/h2-10,13,25H,11-12H2,1H3,(H,23,28)/b18-13-,24-17?. The third-order valence-corrected chi connectivity index (χ3v) is 4.21. The number of carbonyl (C=O) groups is 3. The molecule has 2 amide bonds. The average molecular weight is 410 g/mol.